The molecule has 1 aromatic carbocycles. The zero-order valence-electron chi connectivity index (χ0n) is 11.5. The third kappa shape index (κ3) is 2.65. The number of nitrogens with one attached hydrogen (secondary N) is 1. The van der Waals surface area contributed by atoms with E-state index in [1.807, 2.05) is 0 Å². The van der Waals surface area contributed by atoms with Crippen LogP contribution in [0.3, 0.4) is 0 Å². The molecule has 0 saturated heterocycles. The summed E-state index contributed by atoms with van der Waals surface area (Å²) in [6.45, 7) is 8.54. The Balaban J connectivity index is 2.28. The van der Waals surface area contributed by atoms with Gasteiger partial charge in [0, 0.05) is 24.1 Å². The standard InChI is InChI=1S/C16H22N2/c1-4-10-17-12-15-8-6-11-18(15)16-9-5-7-13(2)14(16)3/h5-9,11,17H,4,10,12H2,1-3H3. The second-order valence-corrected chi connectivity index (χ2v) is 4.77. The highest BCUT2D eigenvalue weighted by Gasteiger charge is 2.06. The van der Waals surface area contributed by atoms with Crippen LogP contribution in [0.5, 0.6) is 0 Å². The highest BCUT2D eigenvalue weighted by atomic mass is 15.0. The molecule has 0 spiro atoms. The Morgan fingerprint density at radius 2 is 1.94 bits per heavy atom. The van der Waals surface area contributed by atoms with Gasteiger partial charge in [-0.25, -0.2) is 0 Å². The van der Waals surface area contributed by atoms with Crippen molar-refractivity contribution in [2.75, 3.05) is 6.54 Å². The quantitative estimate of drug-likeness (QED) is 0.793. The minimum Gasteiger partial charge on any atom is -0.319 e. The first-order valence-electron chi connectivity index (χ1n) is 6.67. The van der Waals surface area contributed by atoms with E-state index in [2.05, 4.69) is 67.2 Å². The van der Waals surface area contributed by atoms with E-state index in [0.29, 0.717) is 0 Å². The van der Waals surface area contributed by atoms with Gasteiger partial charge < -0.3 is 9.88 Å². The SMILES string of the molecule is CCCNCc1cccn1-c1cccc(C)c1C. The van der Waals surface area contributed by atoms with Gasteiger partial charge in [-0.05, 0) is 56.1 Å². The number of hydrogen-bond donors (Lipinski definition) is 1. The van der Waals surface area contributed by atoms with Gasteiger partial charge in [0.05, 0.1) is 0 Å². The van der Waals surface area contributed by atoms with Gasteiger partial charge >= 0.3 is 0 Å². The van der Waals surface area contributed by atoms with E-state index in [9.17, 15) is 0 Å². The number of rotatable bonds is 5. The summed E-state index contributed by atoms with van der Waals surface area (Å²) in [5.41, 5.74) is 5.30. The Bertz CT molecular complexity index is 512. The number of hydrogen-bond acceptors (Lipinski definition) is 1. The average Bonchev–Trinajstić information content (AvgIpc) is 2.81. The maximum absolute atomic E-state index is 3.46. The predicted molar refractivity (Wildman–Crippen MR) is 77.2 cm³/mol. The Morgan fingerprint density at radius 3 is 2.72 bits per heavy atom. The molecule has 1 N–H and O–H groups in total. The molecule has 1 heterocycles. The Morgan fingerprint density at radius 1 is 1.11 bits per heavy atom. The van der Waals surface area contributed by atoms with Crippen LogP contribution in [0.25, 0.3) is 5.69 Å². The van der Waals surface area contributed by atoms with Crippen LogP contribution < -0.4 is 5.32 Å². The molecule has 0 aliphatic heterocycles. The van der Waals surface area contributed by atoms with Crippen LogP contribution in [-0.4, -0.2) is 11.1 Å². The van der Waals surface area contributed by atoms with Crippen LogP contribution in [-0.2, 0) is 6.54 Å². The summed E-state index contributed by atoms with van der Waals surface area (Å²) in [7, 11) is 0. The molecule has 2 rings (SSSR count). The minimum absolute atomic E-state index is 0.925. The molecule has 0 aliphatic carbocycles. The van der Waals surface area contributed by atoms with Crippen LogP contribution in [0.15, 0.2) is 36.5 Å². The summed E-state index contributed by atoms with van der Waals surface area (Å²) in [5.74, 6) is 0. The summed E-state index contributed by atoms with van der Waals surface area (Å²) in [4.78, 5) is 0. The van der Waals surface area contributed by atoms with E-state index < -0.39 is 0 Å². The lowest BCUT2D eigenvalue weighted by Gasteiger charge is -2.14. The van der Waals surface area contributed by atoms with Crippen molar-refractivity contribution in [3.63, 3.8) is 0 Å². The molecule has 2 aromatic rings. The van der Waals surface area contributed by atoms with Crippen LogP contribution in [0.4, 0.5) is 0 Å². The largest absolute Gasteiger partial charge is 0.319 e. The van der Waals surface area contributed by atoms with Gasteiger partial charge in [0.25, 0.3) is 0 Å². The topological polar surface area (TPSA) is 17.0 Å². The van der Waals surface area contributed by atoms with Gasteiger partial charge in [0.15, 0.2) is 0 Å². The van der Waals surface area contributed by atoms with Gasteiger partial charge in [0.1, 0.15) is 0 Å². The van der Waals surface area contributed by atoms with Crippen LogP contribution in [0.2, 0.25) is 0 Å². The van der Waals surface area contributed by atoms with Gasteiger partial charge in [-0.1, -0.05) is 19.1 Å². The molecule has 2 nitrogen and oxygen atoms in total. The lowest BCUT2D eigenvalue weighted by atomic mass is 10.1. The summed E-state index contributed by atoms with van der Waals surface area (Å²) >= 11 is 0. The molecule has 0 aliphatic rings. The van der Waals surface area contributed by atoms with Crippen molar-refractivity contribution in [2.24, 2.45) is 0 Å². The first kappa shape index (κ1) is 12.9. The molecule has 1 aromatic heterocycles. The molecule has 96 valence electrons. The van der Waals surface area contributed by atoms with Gasteiger partial charge in [-0.2, -0.15) is 0 Å². The van der Waals surface area contributed by atoms with E-state index >= 15 is 0 Å². The molecule has 0 radical (unpaired) electrons. The summed E-state index contributed by atoms with van der Waals surface area (Å²) in [6.07, 6.45) is 3.31. The number of nitrogens with zero attached hydrogens (tertiary/aromatic N) is 1. The van der Waals surface area contributed by atoms with Gasteiger partial charge in [-0.3, -0.25) is 0 Å². The molecule has 0 atom stereocenters. The normalized spacial score (nSPS) is 10.8. The van der Waals surface area contributed by atoms with E-state index in [4.69, 9.17) is 0 Å². The minimum atomic E-state index is 0.925. The Kier molecular flexibility index (Phi) is 4.21. The lowest BCUT2D eigenvalue weighted by molar-refractivity contribution is 0.656. The van der Waals surface area contributed by atoms with Crippen molar-refractivity contribution in [1.29, 1.82) is 0 Å². The Labute approximate surface area is 110 Å². The maximum atomic E-state index is 3.46. The monoisotopic (exact) mass is 242 g/mol. The molecule has 18 heavy (non-hydrogen) atoms. The first-order chi connectivity index (χ1) is 8.74. The molecule has 0 fully saturated rings. The van der Waals surface area contributed by atoms with Gasteiger partial charge in [-0.15, -0.1) is 0 Å². The van der Waals surface area contributed by atoms with E-state index in [1.54, 1.807) is 0 Å². The van der Waals surface area contributed by atoms with E-state index in [-0.39, 0.29) is 0 Å². The second kappa shape index (κ2) is 5.87. The number of benzene rings is 1. The highest BCUT2D eigenvalue weighted by Crippen LogP contribution is 2.19. The molecule has 0 saturated carbocycles. The van der Waals surface area contributed by atoms with Crippen molar-refractivity contribution in [3.8, 4) is 5.69 Å². The van der Waals surface area contributed by atoms with E-state index in [0.717, 1.165) is 13.1 Å². The lowest BCUT2D eigenvalue weighted by Crippen LogP contribution is -2.16. The predicted octanol–water partition coefficient (Wildman–Crippen LogP) is 3.59. The summed E-state index contributed by atoms with van der Waals surface area (Å²) in [6, 6.07) is 10.8. The second-order valence-electron chi connectivity index (χ2n) is 4.77. The zero-order valence-corrected chi connectivity index (χ0v) is 11.5. The molecule has 0 unspecified atom stereocenters. The van der Waals surface area contributed by atoms with Crippen LogP contribution in [0.1, 0.15) is 30.2 Å². The van der Waals surface area contributed by atoms with Crippen LogP contribution >= 0.6 is 0 Å². The fraction of sp³-hybridized carbons (Fsp3) is 0.375. The number of aryl methyl sites for hydroxylation is 1. The third-order valence-electron chi connectivity index (χ3n) is 3.40. The summed E-state index contributed by atoms with van der Waals surface area (Å²) in [5, 5.41) is 3.46. The van der Waals surface area contributed by atoms with Crippen molar-refractivity contribution < 1.29 is 0 Å². The number of aromatic nitrogens is 1. The van der Waals surface area contributed by atoms with Crippen molar-refractivity contribution in [1.82, 2.24) is 9.88 Å². The van der Waals surface area contributed by atoms with Crippen LogP contribution in [0, 0.1) is 13.8 Å². The zero-order chi connectivity index (χ0) is 13.0. The molecule has 0 amide bonds. The molecule has 0 bridgehead atoms. The average molecular weight is 242 g/mol. The summed E-state index contributed by atoms with van der Waals surface area (Å²) < 4.78 is 2.28. The van der Waals surface area contributed by atoms with Gasteiger partial charge in [0.2, 0.25) is 0 Å². The Hall–Kier alpha value is -1.54. The third-order valence-corrected chi connectivity index (χ3v) is 3.40. The maximum Gasteiger partial charge on any atom is 0.0484 e. The molecular weight excluding hydrogens is 220 g/mol. The fourth-order valence-corrected chi connectivity index (χ4v) is 2.19. The molecule has 2 heteroatoms. The fourth-order valence-electron chi connectivity index (χ4n) is 2.19. The molecular formula is C16H22N2. The first-order valence-corrected chi connectivity index (χ1v) is 6.67. The van der Waals surface area contributed by atoms with Crippen molar-refractivity contribution >= 4 is 0 Å². The van der Waals surface area contributed by atoms with Crippen molar-refractivity contribution in [3.05, 3.63) is 53.3 Å². The highest BCUT2D eigenvalue weighted by molar-refractivity contribution is 5.46. The smallest absolute Gasteiger partial charge is 0.0484 e. The van der Waals surface area contributed by atoms with E-state index in [1.165, 1.54) is 28.9 Å². The van der Waals surface area contributed by atoms with Crippen molar-refractivity contribution in [2.45, 2.75) is 33.7 Å².